The van der Waals surface area contributed by atoms with Gasteiger partial charge in [0.25, 0.3) is 11.8 Å². The van der Waals surface area contributed by atoms with Crippen LogP contribution in [0.15, 0.2) is 18.2 Å². The van der Waals surface area contributed by atoms with E-state index in [1.165, 1.54) is 0 Å². The van der Waals surface area contributed by atoms with Crippen molar-refractivity contribution in [2.75, 3.05) is 46.6 Å². The van der Waals surface area contributed by atoms with Gasteiger partial charge >= 0.3 is 12.1 Å². The Balaban J connectivity index is 2.10. The largest absolute Gasteiger partial charge is 0.490 e. The lowest BCUT2D eigenvalue weighted by molar-refractivity contribution is -0.188. The van der Waals surface area contributed by atoms with E-state index in [1.54, 1.807) is 7.05 Å². The number of nitrogens with one attached hydrogen (secondary N) is 1. The monoisotopic (exact) mass is 492 g/mol. The molecule has 1 aromatic rings. The second-order valence-electron chi connectivity index (χ2n) is 7.22. The first-order valence-electron chi connectivity index (χ1n) is 10.3. The molecule has 0 aliphatic carbocycles. The third kappa shape index (κ3) is 7.11. The summed E-state index contributed by atoms with van der Waals surface area (Å²) >= 11 is 0. The lowest BCUT2D eigenvalue weighted by Gasteiger charge is -2.28. The minimum absolute atomic E-state index is 0.0207. The van der Waals surface area contributed by atoms with Gasteiger partial charge in [-0.3, -0.25) is 9.59 Å². The van der Waals surface area contributed by atoms with Crippen LogP contribution in [0.25, 0.3) is 0 Å². The number of alkyl halides is 3. The summed E-state index contributed by atoms with van der Waals surface area (Å²) in [5.41, 5.74) is 6.37. The van der Waals surface area contributed by atoms with E-state index < -0.39 is 35.2 Å². The maximum Gasteiger partial charge on any atom is 0.423 e. The van der Waals surface area contributed by atoms with Gasteiger partial charge in [-0.05, 0) is 24.7 Å². The number of halogens is 3. The molecule has 34 heavy (non-hydrogen) atoms. The molecular formula is C20H27F3N4O7. The molecule has 2 amide bonds. The van der Waals surface area contributed by atoms with Crippen LogP contribution >= 0.6 is 0 Å². The number of ether oxygens (including phenoxy) is 3. The summed E-state index contributed by atoms with van der Waals surface area (Å²) in [6.45, 7) is 1.60. The Labute approximate surface area is 193 Å². The molecule has 0 bridgehead atoms. The highest BCUT2D eigenvalue weighted by atomic mass is 19.4. The zero-order valence-electron chi connectivity index (χ0n) is 18.5. The molecule has 2 rings (SSSR count). The minimum atomic E-state index is -5.00. The van der Waals surface area contributed by atoms with Crippen molar-refractivity contribution >= 4 is 17.8 Å². The number of amides is 2. The minimum Gasteiger partial charge on any atom is -0.490 e. The number of hydrogen-bond donors (Lipinski definition) is 3. The maximum absolute atomic E-state index is 13.3. The number of carbonyl (C=O) groups excluding carboxylic acids is 3. The maximum atomic E-state index is 13.3. The number of carbonyl (C=O) groups is 3. The third-order valence-electron chi connectivity index (χ3n) is 4.68. The smallest absolute Gasteiger partial charge is 0.423 e. The summed E-state index contributed by atoms with van der Waals surface area (Å²) < 4.78 is 55.8. The Morgan fingerprint density at radius 3 is 2.21 bits per heavy atom. The van der Waals surface area contributed by atoms with Crippen LogP contribution in [-0.2, 0) is 29.6 Å². The number of rotatable bonds is 13. The quantitative estimate of drug-likeness (QED) is 0.197. The first-order chi connectivity index (χ1) is 16.0. The SMILES string of the molecule is CNCCOCCOCCOc1cc(C(N)(N)C(F)(F)F)ccc1C(=O)ON1C(=O)CCC1=O. The summed E-state index contributed by atoms with van der Waals surface area (Å²) in [7, 11) is 1.78. The molecular weight excluding hydrogens is 465 g/mol. The van der Waals surface area contributed by atoms with Gasteiger partial charge in [0.1, 0.15) is 17.9 Å². The van der Waals surface area contributed by atoms with E-state index >= 15 is 0 Å². The molecule has 190 valence electrons. The van der Waals surface area contributed by atoms with Crippen molar-refractivity contribution in [2.24, 2.45) is 11.5 Å². The van der Waals surface area contributed by atoms with Crippen LogP contribution in [0.2, 0.25) is 0 Å². The fourth-order valence-corrected chi connectivity index (χ4v) is 2.73. The van der Waals surface area contributed by atoms with Crippen molar-refractivity contribution in [3.63, 3.8) is 0 Å². The first-order valence-corrected chi connectivity index (χ1v) is 10.3. The van der Waals surface area contributed by atoms with Gasteiger partial charge < -0.3 is 35.8 Å². The van der Waals surface area contributed by atoms with Crippen LogP contribution in [-0.4, -0.2) is 75.7 Å². The molecule has 1 aliphatic rings. The zero-order valence-corrected chi connectivity index (χ0v) is 18.5. The molecule has 0 unspecified atom stereocenters. The molecule has 0 atom stereocenters. The van der Waals surface area contributed by atoms with Crippen molar-refractivity contribution < 1.29 is 46.6 Å². The van der Waals surface area contributed by atoms with Crippen LogP contribution in [0.5, 0.6) is 5.75 Å². The lowest BCUT2D eigenvalue weighted by Crippen LogP contribution is -2.57. The molecule has 11 nitrogen and oxygen atoms in total. The predicted octanol–water partition coefficient (Wildman–Crippen LogP) is 0.171. The van der Waals surface area contributed by atoms with E-state index in [0.29, 0.717) is 24.8 Å². The third-order valence-corrected chi connectivity index (χ3v) is 4.68. The molecule has 1 fully saturated rings. The molecule has 1 aliphatic heterocycles. The second-order valence-corrected chi connectivity index (χ2v) is 7.22. The van der Waals surface area contributed by atoms with E-state index in [4.69, 9.17) is 30.5 Å². The molecule has 0 spiro atoms. The van der Waals surface area contributed by atoms with E-state index in [0.717, 1.165) is 18.2 Å². The Morgan fingerprint density at radius 2 is 1.62 bits per heavy atom. The Bertz CT molecular complexity index is 864. The van der Waals surface area contributed by atoms with E-state index in [-0.39, 0.29) is 44.0 Å². The van der Waals surface area contributed by atoms with Gasteiger partial charge in [0.15, 0.2) is 5.66 Å². The molecule has 1 heterocycles. The second kappa shape index (κ2) is 12.1. The molecule has 0 saturated carbocycles. The van der Waals surface area contributed by atoms with Crippen LogP contribution in [0.1, 0.15) is 28.8 Å². The predicted molar refractivity (Wildman–Crippen MR) is 110 cm³/mol. The lowest BCUT2D eigenvalue weighted by atomic mass is 9.98. The molecule has 5 N–H and O–H groups in total. The molecule has 1 aromatic carbocycles. The Hall–Kier alpha value is -2.78. The van der Waals surface area contributed by atoms with Gasteiger partial charge in [-0.25, -0.2) is 4.79 Å². The molecule has 1 saturated heterocycles. The van der Waals surface area contributed by atoms with Crippen molar-refractivity contribution in [2.45, 2.75) is 24.7 Å². The molecule has 0 aromatic heterocycles. The number of nitrogens with two attached hydrogens (primary N) is 2. The topological polar surface area (TPSA) is 155 Å². The average molecular weight is 492 g/mol. The van der Waals surface area contributed by atoms with Crippen LogP contribution in [0.3, 0.4) is 0 Å². The fraction of sp³-hybridized carbons (Fsp3) is 0.550. The van der Waals surface area contributed by atoms with Gasteiger partial charge in [0, 0.05) is 19.4 Å². The summed E-state index contributed by atoms with van der Waals surface area (Å²) in [5, 5.41) is 3.22. The average Bonchev–Trinajstić information content (AvgIpc) is 3.09. The van der Waals surface area contributed by atoms with E-state index in [2.05, 4.69) is 5.32 Å². The molecule has 14 heteroatoms. The summed E-state index contributed by atoms with van der Waals surface area (Å²) in [6, 6.07) is 2.68. The van der Waals surface area contributed by atoms with Crippen molar-refractivity contribution in [1.29, 1.82) is 0 Å². The summed E-state index contributed by atoms with van der Waals surface area (Å²) in [5.74, 6) is -2.97. The number of likely N-dealkylation sites (N-methyl/N-ethyl adjacent to an activating group) is 1. The molecule has 0 radical (unpaired) electrons. The number of hydroxylamine groups is 2. The number of hydrogen-bond acceptors (Lipinski definition) is 10. The van der Waals surface area contributed by atoms with Gasteiger partial charge in [-0.2, -0.15) is 13.2 Å². The highest BCUT2D eigenvalue weighted by Gasteiger charge is 2.50. The highest BCUT2D eigenvalue weighted by molar-refractivity contribution is 6.03. The van der Waals surface area contributed by atoms with Crippen LogP contribution in [0.4, 0.5) is 13.2 Å². The van der Waals surface area contributed by atoms with Crippen molar-refractivity contribution in [3.8, 4) is 5.75 Å². The van der Waals surface area contributed by atoms with E-state index in [9.17, 15) is 27.6 Å². The zero-order chi connectivity index (χ0) is 25.4. The van der Waals surface area contributed by atoms with Gasteiger partial charge in [0.05, 0.1) is 26.4 Å². The number of imide groups is 1. The van der Waals surface area contributed by atoms with Gasteiger partial charge in [-0.15, -0.1) is 5.06 Å². The number of nitrogens with zero attached hydrogens (tertiary/aromatic N) is 1. The number of benzene rings is 1. The van der Waals surface area contributed by atoms with Crippen LogP contribution < -0.4 is 21.5 Å². The van der Waals surface area contributed by atoms with E-state index in [1.807, 2.05) is 0 Å². The van der Waals surface area contributed by atoms with Crippen molar-refractivity contribution in [1.82, 2.24) is 10.4 Å². The fourth-order valence-electron chi connectivity index (χ4n) is 2.73. The Kier molecular flexibility index (Phi) is 9.76. The highest BCUT2D eigenvalue weighted by Crippen LogP contribution is 2.35. The Morgan fingerprint density at radius 1 is 1.03 bits per heavy atom. The van der Waals surface area contributed by atoms with Crippen molar-refractivity contribution in [3.05, 3.63) is 29.3 Å². The van der Waals surface area contributed by atoms with Crippen LogP contribution in [0, 0.1) is 0 Å². The summed E-state index contributed by atoms with van der Waals surface area (Å²) in [4.78, 5) is 40.8. The van der Waals surface area contributed by atoms with Gasteiger partial charge in [0.2, 0.25) is 0 Å². The first kappa shape index (κ1) is 27.5. The summed E-state index contributed by atoms with van der Waals surface area (Å²) in [6.07, 6.45) is -5.26. The van der Waals surface area contributed by atoms with Gasteiger partial charge in [-0.1, -0.05) is 6.07 Å². The standard InChI is InChI=1S/C20H27F3N4O7/c1-26-6-7-31-8-9-32-10-11-33-15-12-13(19(24,25)20(21,22)23)2-3-14(15)18(30)34-27-16(28)4-5-17(27)29/h2-3,12,26H,4-11,24-25H2,1H3. The normalized spacial score (nSPS) is 14.6.